The molecule has 0 unspecified atom stereocenters. The number of rotatable bonds is 7. The summed E-state index contributed by atoms with van der Waals surface area (Å²) >= 11 is 0. The van der Waals surface area contributed by atoms with Crippen molar-refractivity contribution in [1.82, 2.24) is 0 Å². The van der Waals surface area contributed by atoms with Crippen molar-refractivity contribution in [1.29, 1.82) is 0 Å². The van der Waals surface area contributed by atoms with Gasteiger partial charge in [0.1, 0.15) is 0 Å². The molecule has 0 aliphatic rings. The highest BCUT2D eigenvalue weighted by atomic mass is 19.3. The molecule has 0 aliphatic heterocycles. The van der Waals surface area contributed by atoms with Gasteiger partial charge in [-0.1, -0.05) is 0 Å². The predicted octanol–water partition coefficient (Wildman–Crippen LogP) is 2.71. The summed E-state index contributed by atoms with van der Waals surface area (Å²) < 4.78 is 45.9. The van der Waals surface area contributed by atoms with Crippen LogP contribution < -0.4 is 10.1 Å². The Morgan fingerprint density at radius 1 is 1.29 bits per heavy atom. The fourth-order valence-corrected chi connectivity index (χ4v) is 1.44. The van der Waals surface area contributed by atoms with Gasteiger partial charge >= 0.3 is 12.6 Å². The van der Waals surface area contributed by atoms with E-state index in [1.807, 2.05) is 0 Å². The maximum absolute atomic E-state index is 13.4. The van der Waals surface area contributed by atoms with Crippen molar-refractivity contribution < 1.29 is 32.2 Å². The van der Waals surface area contributed by atoms with E-state index in [9.17, 15) is 22.8 Å². The second-order valence-corrected chi connectivity index (χ2v) is 3.88. The molecule has 0 atom stereocenters. The second-order valence-electron chi connectivity index (χ2n) is 3.88. The highest BCUT2D eigenvalue weighted by Gasteiger charge is 2.12. The van der Waals surface area contributed by atoms with Crippen molar-refractivity contribution in [2.24, 2.45) is 0 Å². The smallest absolute Gasteiger partial charge is 0.387 e. The van der Waals surface area contributed by atoms with Crippen LogP contribution in [0.5, 0.6) is 5.75 Å². The first-order valence-corrected chi connectivity index (χ1v) is 6.12. The summed E-state index contributed by atoms with van der Waals surface area (Å²) in [5.74, 6) is -2.68. The van der Waals surface area contributed by atoms with Gasteiger partial charge < -0.3 is 14.8 Å². The van der Waals surface area contributed by atoms with Crippen LogP contribution in [0.15, 0.2) is 18.2 Å². The monoisotopic (exact) mass is 305 g/mol. The molecule has 1 N–H and O–H groups in total. The summed E-state index contributed by atoms with van der Waals surface area (Å²) in [4.78, 5) is 22.6. The fraction of sp³-hybridized carbons (Fsp3) is 0.385. The number of hydrogen-bond donors (Lipinski definition) is 1. The zero-order valence-electron chi connectivity index (χ0n) is 11.2. The van der Waals surface area contributed by atoms with Gasteiger partial charge in [0.25, 0.3) is 0 Å². The minimum Gasteiger partial charge on any atom is -0.466 e. The SMILES string of the molecule is CCOC(=O)CCC(=O)Nc1ccc(OC(F)F)c(F)c1. The quantitative estimate of drug-likeness (QED) is 0.787. The van der Waals surface area contributed by atoms with Crippen molar-refractivity contribution in [3.8, 4) is 5.75 Å². The third kappa shape index (κ3) is 6.15. The van der Waals surface area contributed by atoms with Crippen LogP contribution in [0.4, 0.5) is 18.9 Å². The largest absolute Gasteiger partial charge is 0.466 e. The Kier molecular flexibility index (Phi) is 6.51. The van der Waals surface area contributed by atoms with E-state index in [0.29, 0.717) is 0 Å². The molecular weight excluding hydrogens is 291 g/mol. The number of alkyl halides is 2. The summed E-state index contributed by atoms with van der Waals surface area (Å²) in [6, 6.07) is 3.03. The van der Waals surface area contributed by atoms with E-state index in [1.54, 1.807) is 6.92 Å². The molecule has 0 heterocycles. The zero-order valence-corrected chi connectivity index (χ0v) is 11.2. The molecule has 1 aromatic rings. The highest BCUT2D eigenvalue weighted by molar-refractivity contribution is 5.92. The molecule has 1 aromatic carbocycles. The van der Waals surface area contributed by atoms with Gasteiger partial charge in [-0.05, 0) is 19.1 Å². The van der Waals surface area contributed by atoms with Crippen LogP contribution in [0.2, 0.25) is 0 Å². The molecule has 1 amide bonds. The van der Waals surface area contributed by atoms with Gasteiger partial charge in [-0.3, -0.25) is 9.59 Å². The van der Waals surface area contributed by atoms with Crippen LogP contribution in [0.25, 0.3) is 0 Å². The molecule has 0 aromatic heterocycles. The molecule has 0 aliphatic carbocycles. The molecule has 0 radical (unpaired) electrons. The van der Waals surface area contributed by atoms with E-state index in [-0.39, 0.29) is 25.1 Å². The lowest BCUT2D eigenvalue weighted by Gasteiger charge is -2.08. The topological polar surface area (TPSA) is 64.6 Å². The first kappa shape index (κ1) is 16.8. The van der Waals surface area contributed by atoms with Crippen LogP contribution in [-0.4, -0.2) is 25.1 Å². The van der Waals surface area contributed by atoms with Gasteiger partial charge in [-0.15, -0.1) is 0 Å². The van der Waals surface area contributed by atoms with E-state index in [2.05, 4.69) is 14.8 Å². The lowest BCUT2D eigenvalue weighted by molar-refractivity contribution is -0.144. The molecule has 21 heavy (non-hydrogen) atoms. The molecular formula is C13H14F3NO4. The van der Waals surface area contributed by atoms with Gasteiger partial charge in [0.05, 0.1) is 13.0 Å². The van der Waals surface area contributed by atoms with Crippen LogP contribution in [0, 0.1) is 5.82 Å². The summed E-state index contributed by atoms with van der Waals surface area (Å²) in [5, 5.41) is 2.33. The molecule has 0 spiro atoms. The Bertz CT molecular complexity index is 508. The number of carbonyl (C=O) groups excluding carboxylic acids is 2. The maximum Gasteiger partial charge on any atom is 0.387 e. The third-order valence-corrected chi connectivity index (χ3v) is 2.29. The average Bonchev–Trinajstić information content (AvgIpc) is 2.39. The number of amides is 1. The Morgan fingerprint density at radius 3 is 2.57 bits per heavy atom. The minimum absolute atomic E-state index is 0.0722. The molecule has 5 nitrogen and oxygen atoms in total. The van der Waals surface area contributed by atoms with Gasteiger partial charge in [-0.2, -0.15) is 8.78 Å². The van der Waals surface area contributed by atoms with E-state index >= 15 is 0 Å². The molecule has 116 valence electrons. The summed E-state index contributed by atoms with van der Waals surface area (Å²) in [5.41, 5.74) is 0.0722. The average molecular weight is 305 g/mol. The van der Waals surface area contributed by atoms with Crippen molar-refractivity contribution >= 4 is 17.6 Å². The van der Waals surface area contributed by atoms with Crippen LogP contribution in [0.3, 0.4) is 0 Å². The first-order chi connectivity index (χ1) is 9.92. The zero-order chi connectivity index (χ0) is 15.8. The highest BCUT2D eigenvalue weighted by Crippen LogP contribution is 2.22. The molecule has 0 fully saturated rings. The molecule has 0 bridgehead atoms. The Labute approximate surface area is 119 Å². The molecule has 8 heteroatoms. The lowest BCUT2D eigenvalue weighted by atomic mass is 10.2. The number of ether oxygens (including phenoxy) is 2. The van der Waals surface area contributed by atoms with Gasteiger partial charge in [0.15, 0.2) is 11.6 Å². The number of benzene rings is 1. The number of carbonyl (C=O) groups is 2. The summed E-state index contributed by atoms with van der Waals surface area (Å²) in [6.07, 6.45) is -0.232. The number of halogens is 3. The second kappa shape index (κ2) is 8.13. The van der Waals surface area contributed by atoms with Crippen molar-refractivity contribution in [3.05, 3.63) is 24.0 Å². The lowest BCUT2D eigenvalue weighted by Crippen LogP contribution is -2.14. The molecule has 0 saturated heterocycles. The Balaban J connectivity index is 2.53. The maximum atomic E-state index is 13.4. The Hall–Kier alpha value is -2.25. The molecule has 0 saturated carbocycles. The van der Waals surface area contributed by atoms with Crippen LogP contribution >= 0.6 is 0 Å². The third-order valence-electron chi connectivity index (χ3n) is 2.29. The van der Waals surface area contributed by atoms with E-state index < -0.39 is 30.1 Å². The summed E-state index contributed by atoms with van der Waals surface area (Å²) in [7, 11) is 0. The van der Waals surface area contributed by atoms with Gasteiger partial charge in [0.2, 0.25) is 5.91 Å². The number of esters is 1. The fourth-order valence-electron chi connectivity index (χ4n) is 1.44. The van der Waals surface area contributed by atoms with Crippen molar-refractivity contribution in [2.75, 3.05) is 11.9 Å². The first-order valence-electron chi connectivity index (χ1n) is 6.12. The predicted molar refractivity (Wildman–Crippen MR) is 67.5 cm³/mol. The molecule has 1 rings (SSSR count). The minimum atomic E-state index is -3.13. The van der Waals surface area contributed by atoms with Gasteiger partial charge in [0, 0.05) is 18.2 Å². The van der Waals surface area contributed by atoms with Crippen LogP contribution in [0.1, 0.15) is 19.8 Å². The van der Waals surface area contributed by atoms with Crippen LogP contribution in [-0.2, 0) is 14.3 Å². The Morgan fingerprint density at radius 2 is 2.00 bits per heavy atom. The number of anilines is 1. The van der Waals surface area contributed by atoms with Crippen molar-refractivity contribution in [2.45, 2.75) is 26.4 Å². The van der Waals surface area contributed by atoms with Gasteiger partial charge in [-0.25, -0.2) is 4.39 Å². The summed E-state index contributed by atoms with van der Waals surface area (Å²) in [6.45, 7) is -1.27. The normalized spacial score (nSPS) is 10.3. The number of hydrogen-bond acceptors (Lipinski definition) is 4. The van der Waals surface area contributed by atoms with E-state index in [0.717, 1.165) is 12.1 Å². The van der Waals surface area contributed by atoms with E-state index in [1.165, 1.54) is 6.07 Å². The number of nitrogens with one attached hydrogen (secondary N) is 1. The van der Waals surface area contributed by atoms with Crippen molar-refractivity contribution in [3.63, 3.8) is 0 Å². The van der Waals surface area contributed by atoms with E-state index in [4.69, 9.17) is 0 Å². The standard InChI is InChI=1S/C13H14F3NO4/c1-2-20-12(19)6-5-11(18)17-8-3-4-10(9(14)7-8)21-13(15)16/h3-4,7,13H,2,5-6H2,1H3,(H,17,18).